The lowest BCUT2D eigenvalue weighted by Gasteiger charge is -2.72. The largest absolute Gasteiger partial charge is 0.478 e. The Morgan fingerprint density at radius 3 is 2.22 bits per heavy atom. The monoisotopic (exact) mass is 762 g/mol. The van der Waals surface area contributed by atoms with Crippen LogP contribution in [0.25, 0.3) is 5.57 Å². The van der Waals surface area contributed by atoms with E-state index in [2.05, 4.69) is 64.4 Å². The van der Waals surface area contributed by atoms with E-state index in [0.717, 1.165) is 81.9 Å². The van der Waals surface area contributed by atoms with E-state index < -0.39 is 27.9 Å². The van der Waals surface area contributed by atoms with Crippen LogP contribution in [0.1, 0.15) is 122 Å². The molecule has 0 spiro atoms. The van der Waals surface area contributed by atoms with E-state index in [1.54, 1.807) is 12.1 Å². The highest BCUT2D eigenvalue weighted by molar-refractivity contribution is 8.24. The first kappa shape index (κ1) is 39.8. The second-order valence-corrected chi connectivity index (χ2v) is 22.2. The smallest absolute Gasteiger partial charge is 0.335 e. The lowest BCUT2D eigenvalue weighted by Crippen LogP contribution is -2.66. The predicted molar refractivity (Wildman–Crippen MR) is 217 cm³/mol. The Labute approximate surface area is 325 Å². The van der Waals surface area contributed by atoms with Gasteiger partial charge < -0.3 is 15.3 Å². The average Bonchev–Trinajstić information content (AvgIpc) is 3.52. The van der Waals surface area contributed by atoms with Gasteiger partial charge in [-0.05, 0) is 152 Å². The summed E-state index contributed by atoms with van der Waals surface area (Å²) in [5, 5.41) is 12.5. The topological polar surface area (TPSA) is 127 Å². The molecule has 4 N–H and O–H groups in total. The molecule has 1 saturated heterocycles. The van der Waals surface area contributed by atoms with E-state index in [4.69, 9.17) is 0 Å². The number of Topliss-reactive ketones (excluding diaryl/α,β-unsaturated/α-hetero) is 1. The van der Waals surface area contributed by atoms with Crippen LogP contribution in [0.15, 0.2) is 42.5 Å². The number of ketones is 1. The molecule has 4 saturated carbocycles. The van der Waals surface area contributed by atoms with Gasteiger partial charge in [0.1, 0.15) is 0 Å². The molecule has 0 unspecified atom stereocenters. The number of fused-ring (bicyclic) bond motifs is 7. The lowest BCUT2D eigenvalue weighted by molar-refractivity contribution is -0.224. The van der Waals surface area contributed by atoms with Crippen molar-refractivity contribution in [3.05, 3.63) is 53.6 Å². The third-order valence-electron chi connectivity index (χ3n) is 17.2. The number of allylic oxidation sites excluding steroid dienone is 3. The number of carboxylic acids is 1. The van der Waals surface area contributed by atoms with Crippen molar-refractivity contribution in [3.63, 3.8) is 0 Å². The standard InChI is InChI=1S/C45H66N2O6S/c1-29(2)32-15-20-45(38(48)39(49)46-23-8-24-47-25-27-54(52,53)28-26-47)22-21-43(6)34(37(32)45)13-14-36-42(5)18-16-33(30-9-11-31(12-10-30)40(50)51)41(3,4)35(42)17-19-44(36,43)7/h9-12,16,32,34-37,52-53H,1,8,13-15,17-28H2,2-7H3,(H,46,49)(H,50,51)/t32-,34+,35-,36+,37+,42-,43+,44+,45-/m0/s1. The zero-order chi connectivity index (χ0) is 39.1. The molecule has 5 aliphatic carbocycles. The van der Waals surface area contributed by atoms with Crippen LogP contribution in [0.5, 0.6) is 0 Å². The van der Waals surface area contributed by atoms with Gasteiger partial charge in [-0.1, -0.05) is 65.0 Å². The number of amides is 1. The molecule has 298 valence electrons. The van der Waals surface area contributed by atoms with Crippen molar-refractivity contribution in [2.45, 2.75) is 106 Å². The number of aromatic carboxylic acids is 1. The molecule has 6 aliphatic rings. The number of benzene rings is 1. The van der Waals surface area contributed by atoms with Crippen LogP contribution in [0.3, 0.4) is 0 Å². The molecule has 1 amide bonds. The quantitative estimate of drug-likeness (QED) is 0.112. The summed E-state index contributed by atoms with van der Waals surface area (Å²) >= 11 is 0. The van der Waals surface area contributed by atoms with Crippen molar-refractivity contribution in [3.8, 4) is 0 Å². The number of hydrogen-bond acceptors (Lipinski definition) is 6. The Balaban J connectivity index is 1.11. The molecule has 0 radical (unpaired) electrons. The molecule has 1 aromatic carbocycles. The minimum absolute atomic E-state index is 0.0462. The van der Waals surface area contributed by atoms with Crippen LogP contribution in [0.4, 0.5) is 0 Å². The van der Waals surface area contributed by atoms with Crippen LogP contribution in [0, 0.1) is 56.7 Å². The highest BCUT2D eigenvalue weighted by atomic mass is 32.3. The number of nitrogens with one attached hydrogen (secondary N) is 1. The molecule has 8 nitrogen and oxygen atoms in total. The van der Waals surface area contributed by atoms with Crippen LogP contribution < -0.4 is 5.32 Å². The molecule has 54 heavy (non-hydrogen) atoms. The molecular formula is C45H66N2O6S. The van der Waals surface area contributed by atoms with Crippen LogP contribution in [-0.2, 0) is 9.59 Å². The van der Waals surface area contributed by atoms with Gasteiger partial charge in [-0.25, -0.2) is 4.79 Å². The van der Waals surface area contributed by atoms with E-state index >= 15 is 0 Å². The number of carbonyl (C=O) groups excluding carboxylic acids is 2. The SMILES string of the molecule is C=C(C)[C@@H]1CC[C@]2(C(=O)C(=O)NCCCN3CCS(O)(O)CC3)CC[C@]3(C)[C@H](CC[C@@H]4[C@@]5(C)CC=C(c6ccc(C(=O)O)cc6)C(C)(C)[C@@H]5CC[C@]43C)[C@@H]12. The van der Waals surface area contributed by atoms with E-state index in [-0.39, 0.29) is 39.3 Å². The van der Waals surface area contributed by atoms with Gasteiger partial charge in [-0.15, -0.1) is 0 Å². The minimum Gasteiger partial charge on any atom is -0.478 e. The number of rotatable bonds is 9. The Hall–Kier alpha value is -2.46. The van der Waals surface area contributed by atoms with Crippen molar-refractivity contribution >= 4 is 33.8 Å². The summed E-state index contributed by atoms with van der Waals surface area (Å²) in [4.78, 5) is 42.1. The van der Waals surface area contributed by atoms with Crippen molar-refractivity contribution in [1.29, 1.82) is 0 Å². The first-order valence-electron chi connectivity index (χ1n) is 20.8. The maximum Gasteiger partial charge on any atom is 0.335 e. The fourth-order valence-corrected chi connectivity index (χ4v) is 15.5. The summed E-state index contributed by atoms with van der Waals surface area (Å²) < 4.78 is 19.9. The van der Waals surface area contributed by atoms with E-state index in [1.165, 1.54) is 5.57 Å². The first-order valence-corrected chi connectivity index (χ1v) is 22.7. The molecule has 1 aromatic rings. The summed E-state index contributed by atoms with van der Waals surface area (Å²) in [7, 11) is -2.43. The third-order valence-corrected chi connectivity index (χ3v) is 18.8. The molecule has 5 fully saturated rings. The fraction of sp³-hybridized carbons (Fsp3) is 0.711. The van der Waals surface area contributed by atoms with Gasteiger partial charge in [0, 0.05) is 25.0 Å². The van der Waals surface area contributed by atoms with Crippen LogP contribution >= 0.6 is 10.6 Å². The fourth-order valence-electron chi connectivity index (χ4n) is 14.2. The van der Waals surface area contributed by atoms with Crippen molar-refractivity contribution < 1.29 is 28.6 Å². The second-order valence-electron chi connectivity index (χ2n) is 19.8. The maximum atomic E-state index is 14.5. The zero-order valence-corrected chi connectivity index (χ0v) is 34.5. The third kappa shape index (κ3) is 6.17. The lowest BCUT2D eigenvalue weighted by atomic mass is 9.32. The van der Waals surface area contributed by atoms with Gasteiger partial charge in [-0.2, -0.15) is 10.6 Å². The van der Waals surface area contributed by atoms with Crippen LogP contribution in [0.2, 0.25) is 0 Å². The minimum atomic E-state index is -2.43. The predicted octanol–water partition coefficient (Wildman–Crippen LogP) is 9.18. The highest BCUT2D eigenvalue weighted by Crippen LogP contribution is 2.77. The summed E-state index contributed by atoms with van der Waals surface area (Å²) in [5.41, 5.74) is 3.52. The molecule has 7 rings (SSSR count). The Morgan fingerprint density at radius 2 is 1.57 bits per heavy atom. The van der Waals surface area contributed by atoms with E-state index in [1.807, 2.05) is 12.1 Å². The normalized spacial score (nSPS) is 40.1. The molecule has 1 aliphatic heterocycles. The van der Waals surface area contributed by atoms with Gasteiger partial charge in [0.05, 0.1) is 17.1 Å². The summed E-state index contributed by atoms with van der Waals surface area (Å²) in [6.07, 6.45) is 12.2. The highest BCUT2D eigenvalue weighted by Gasteiger charge is 2.71. The molecule has 9 heteroatoms. The molecule has 0 aromatic heterocycles. The molecule has 9 atom stereocenters. The molecular weight excluding hydrogens is 697 g/mol. The van der Waals surface area contributed by atoms with Gasteiger partial charge in [0.2, 0.25) is 5.78 Å². The zero-order valence-electron chi connectivity index (χ0n) is 33.7. The number of carboxylic acid groups (broad SMARTS) is 1. The summed E-state index contributed by atoms with van der Waals surface area (Å²) in [5.74, 6) is 1.08. The molecule has 0 bridgehead atoms. The molecule has 1 heterocycles. The first-order chi connectivity index (χ1) is 25.3. The van der Waals surface area contributed by atoms with Crippen molar-refractivity contribution in [1.82, 2.24) is 10.2 Å². The van der Waals surface area contributed by atoms with Gasteiger partial charge in [0.25, 0.3) is 5.91 Å². The number of carbonyl (C=O) groups is 3. The Kier molecular flexibility index (Phi) is 10.2. The number of nitrogens with zero attached hydrogens (tertiary/aromatic N) is 1. The van der Waals surface area contributed by atoms with Crippen LogP contribution in [-0.4, -0.2) is 74.5 Å². The summed E-state index contributed by atoms with van der Waals surface area (Å²) in [6.45, 7) is 21.7. The number of hydrogen-bond donors (Lipinski definition) is 4. The Morgan fingerprint density at radius 1 is 0.889 bits per heavy atom. The van der Waals surface area contributed by atoms with Gasteiger partial charge in [-0.3, -0.25) is 18.7 Å². The van der Waals surface area contributed by atoms with Crippen molar-refractivity contribution in [2.75, 3.05) is 37.7 Å². The maximum absolute atomic E-state index is 14.5. The Bertz CT molecular complexity index is 1710. The van der Waals surface area contributed by atoms with Gasteiger partial charge >= 0.3 is 5.97 Å². The summed E-state index contributed by atoms with van der Waals surface area (Å²) in [6, 6.07) is 7.45. The van der Waals surface area contributed by atoms with Gasteiger partial charge in [0.15, 0.2) is 0 Å². The van der Waals surface area contributed by atoms with E-state index in [0.29, 0.717) is 54.5 Å². The second kappa shape index (κ2) is 13.9. The van der Waals surface area contributed by atoms with E-state index in [9.17, 15) is 28.6 Å². The van der Waals surface area contributed by atoms with Crippen molar-refractivity contribution in [2.24, 2.45) is 56.7 Å². The average molecular weight is 763 g/mol.